The number of anilines is 3. The molecule has 0 aliphatic carbocycles. The van der Waals surface area contributed by atoms with Gasteiger partial charge in [-0.05, 0) is 62.4 Å². The van der Waals surface area contributed by atoms with Crippen LogP contribution in [0.5, 0.6) is 0 Å². The number of allylic oxidation sites excluding steroid dienone is 2. The quantitative estimate of drug-likeness (QED) is 0.0290. The van der Waals surface area contributed by atoms with Crippen LogP contribution in [0.3, 0.4) is 0 Å². The minimum atomic E-state index is -1.24. The van der Waals surface area contributed by atoms with Crippen molar-refractivity contribution in [3.8, 4) is 12.1 Å². The average Bonchev–Trinajstić information content (AvgIpc) is 3.52. The van der Waals surface area contributed by atoms with Crippen molar-refractivity contribution in [1.82, 2.24) is 0 Å². The van der Waals surface area contributed by atoms with Gasteiger partial charge in [-0.15, -0.1) is 11.3 Å². The summed E-state index contributed by atoms with van der Waals surface area (Å²) in [6.45, 7) is 9.41. The third-order valence-corrected chi connectivity index (χ3v) is 10.9. The number of aliphatic hydroxyl groups is 1. The Morgan fingerprint density at radius 1 is 0.820 bits per heavy atom. The molecule has 2 rings (SSSR count). The zero-order valence-electron chi connectivity index (χ0n) is 37.6. The number of nitrogens with zero attached hydrogens (tertiary/aromatic N) is 3. The number of rotatable bonds is 34. The van der Waals surface area contributed by atoms with E-state index in [2.05, 4.69) is 11.8 Å². The molecular formula is C46H72N5NaO8S. The van der Waals surface area contributed by atoms with E-state index in [4.69, 9.17) is 46.0 Å². The average molecular weight is 878 g/mol. The maximum atomic E-state index is 12.3. The molecule has 15 heteroatoms. The number of hydrogen-bond acceptors (Lipinski definition) is 14. The van der Waals surface area contributed by atoms with Crippen LogP contribution < -0.4 is 51.0 Å². The van der Waals surface area contributed by atoms with Crippen molar-refractivity contribution in [2.75, 3.05) is 82.3 Å². The number of esters is 1. The van der Waals surface area contributed by atoms with Gasteiger partial charge in [-0.25, -0.2) is 0 Å². The second-order valence-electron chi connectivity index (χ2n) is 14.8. The summed E-state index contributed by atoms with van der Waals surface area (Å²) in [6.07, 6.45) is 21.9. The van der Waals surface area contributed by atoms with Crippen LogP contribution in [0.4, 0.5) is 16.4 Å². The molecule has 13 nitrogen and oxygen atoms in total. The first-order chi connectivity index (χ1) is 29.1. The number of carboxylic acid groups (broad SMARTS) is 1. The van der Waals surface area contributed by atoms with Gasteiger partial charge < -0.3 is 50.3 Å². The normalized spacial score (nSPS) is 11.2. The first kappa shape index (κ1) is 57.8. The second kappa shape index (κ2) is 38.5. The molecule has 1 unspecified atom stereocenters. The summed E-state index contributed by atoms with van der Waals surface area (Å²) in [5, 5.41) is 37.9. The maximum absolute atomic E-state index is 12.3. The number of carbonyl (C=O) groups excluding carboxylic acids is 2. The third-order valence-electron chi connectivity index (χ3n) is 9.92. The van der Waals surface area contributed by atoms with Gasteiger partial charge in [-0.3, -0.25) is 4.79 Å². The van der Waals surface area contributed by atoms with E-state index in [0.717, 1.165) is 41.1 Å². The van der Waals surface area contributed by atoms with Gasteiger partial charge in [0.05, 0.1) is 58.2 Å². The number of benzene rings is 1. The molecule has 1 aromatic heterocycles. The van der Waals surface area contributed by atoms with Crippen LogP contribution >= 0.6 is 11.3 Å². The Hall–Kier alpha value is -3.18. The number of hydrogen-bond donors (Lipinski definition) is 3. The smallest absolute Gasteiger partial charge is 0.550 e. The third kappa shape index (κ3) is 28.2. The zero-order chi connectivity index (χ0) is 44.2. The molecule has 1 atom stereocenters. The number of aryl methyl sites for hydroxylation is 1. The summed E-state index contributed by atoms with van der Waals surface area (Å²) in [5.41, 5.74) is 15.3. The molecule has 61 heavy (non-hydrogen) atoms. The minimum absolute atomic E-state index is 0. The fourth-order valence-electron chi connectivity index (χ4n) is 6.24. The van der Waals surface area contributed by atoms with Gasteiger partial charge in [0, 0.05) is 36.4 Å². The number of nitriles is 2. The Balaban J connectivity index is 0.00000258. The molecule has 2 aromatic rings. The van der Waals surface area contributed by atoms with Crippen molar-refractivity contribution in [1.29, 1.82) is 10.5 Å². The maximum Gasteiger partial charge on any atom is 1.00 e. The molecule has 0 spiro atoms. The molecule has 0 fully saturated rings. The van der Waals surface area contributed by atoms with Crippen LogP contribution in [0.15, 0.2) is 30.4 Å². The number of carbonyl (C=O) groups is 2. The molecule has 1 aromatic carbocycles. The summed E-state index contributed by atoms with van der Waals surface area (Å²) in [6, 6.07) is 9.78. The van der Waals surface area contributed by atoms with Crippen molar-refractivity contribution < 1.29 is 68.3 Å². The number of thiophene rings is 1. The Kier molecular flexibility index (Phi) is 36.5. The number of nitrogen functional groups attached to an aromatic ring is 2. The number of carboxylic acids is 1. The van der Waals surface area contributed by atoms with E-state index in [-0.39, 0.29) is 62.2 Å². The van der Waals surface area contributed by atoms with Crippen molar-refractivity contribution in [3.05, 3.63) is 51.9 Å². The summed E-state index contributed by atoms with van der Waals surface area (Å²) in [5.74, 6) is -2.71. The van der Waals surface area contributed by atoms with Gasteiger partial charge >= 0.3 is 35.5 Å². The van der Waals surface area contributed by atoms with E-state index >= 15 is 0 Å². The van der Waals surface area contributed by atoms with E-state index in [1.807, 2.05) is 49.4 Å². The molecule has 336 valence electrons. The monoisotopic (exact) mass is 877 g/mol. The summed E-state index contributed by atoms with van der Waals surface area (Å²) >= 11 is 1.16. The van der Waals surface area contributed by atoms with E-state index in [1.54, 1.807) is 6.92 Å². The number of aliphatic hydroxyl groups excluding tert-OH is 1. The standard InChI is InChI=1S/C39H68N2O8.C7H5N3S.Na/c1-3-4-5-6-7-8-9-10-11-12-13-14-15-16-17-18-19-35(39(44)45)33-38(43)49-31-30-47-26-23-41(22-25-46-28-29-48-27-24-42)36-20-21-37(40)34(2)32-36;1-4-5(2-8)7(10)11-6(4)3-9;/h17-18,20-21,32,35,42H,3-16,19,22-31,33,40H2,1-2H3,(H,44,45);10H2,1H3;/q;;+1/p-1/b18-17+;;. The van der Waals surface area contributed by atoms with Crippen LogP contribution in [0.25, 0.3) is 0 Å². The Bertz CT molecular complexity index is 1580. The Morgan fingerprint density at radius 2 is 1.38 bits per heavy atom. The minimum Gasteiger partial charge on any atom is -0.550 e. The number of nitrogens with two attached hydrogens (primary N) is 2. The number of unbranched alkanes of at least 4 members (excludes halogenated alkanes) is 13. The molecule has 0 aliphatic rings. The van der Waals surface area contributed by atoms with E-state index in [9.17, 15) is 14.7 Å². The Labute approximate surface area is 392 Å². The van der Waals surface area contributed by atoms with Gasteiger partial charge in [-0.1, -0.05) is 96.1 Å². The fraction of sp³-hybridized carbons (Fsp3) is 0.652. The molecule has 0 bridgehead atoms. The molecule has 5 N–H and O–H groups in total. The van der Waals surface area contributed by atoms with Crippen LogP contribution in [0.2, 0.25) is 0 Å². The first-order valence-corrected chi connectivity index (χ1v) is 22.6. The van der Waals surface area contributed by atoms with Crippen molar-refractivity contribution >= 4 is 39.7 Å². The van der Waals surface area contributed by atoms with Gasteiger partial charge in [0.15, 0.2) is 0 Å². The predicted molar refractivity (Wildman–Crippen MR) is 238 cm³/mol. The molecule has 0 radical (unpaired) electrons. The van der Waals surface area contributed by atoms with Gasteiger partial charge in [0.1, 0.15) is 28.6 Å². The second-order valence-corrected chi connectivity index (χ2v) is 15.8. The topological polar surface area (TPSA) is 217 Å². The van der Waals surface area contributed by atoms with Gasteiger partial charge in [0.25, 0.3) is 0 Å². The summed E-state index contributed by atoms with van der Waals surface area (Å²) in [4.78, 5) is 26.6. The van der Waals surface area contributed by atoms with E-state index < -0.39 is 17.9 Å². The molecule has 0 aliphatic heterocycles. The van der Waals surface area contributed by atoms with Crippen LogP contribution in [-0.4, -0.2) is 83.0 Å². The summed E-state index contributed by atoms with van der Waals surface area (Å²) in [7, 11) is 0. The predicted octanol–water partition coefficient (Wildman–Crippen LogP) is 4.54. The van der Waals surface area contributed by atoms with Gasteiger partial charge in [0.2, 0.25) is 0 Å². The van der Waals surface area contributed by atoms with Crippen molar-refractivity contribution in [2.24, 2.45) is 5.92 Å². The molecular weight excluding hydrogens is 806 g/mol. The molecule has 0 saturated heterocycles. The zero-order valence-corrected chi connectivity index (χ0v) is 40.4. The summed E-state index contributed by atoms with van der Waals surface area (Å²) < 4.78 is 21.8. The largest absolute Gasteiger partial charge is 1.00 e. The molecule has 0 amide bonds. The van der Waals surface area contributed by atoms with E-state index in [1.165, 1.54) is 77.0 Å². The van der Waals surface area contributed by atoms with Crippen molar-refractivity contribution in [2.45, 2.75) is 124 Å². The number of aliphatic carboxylic acids is 1. The SMILES string of the molecule is CCCCCCCCCCCCCCC/C=C/CC(CC(=O)OCCOCCN(CCOCCOCCO)c1ccc(N)c(C)c1)C(=O)[O-].Cc1c(C#N)sc(N)c1C#N.[Na+]. The Morgan fingerprint density at radius 3 is 1.87 bits per heavy atom. The van der Waals surface area contributed by atoms with Crippen molar-refractivity contribution in [3.63, 3.8) is 0 Å². The number of ether oxygens (including phenoxy) is 4. The fourth-order valence-corrected chi connectivity index (χ4v) is 7.06. The van der Waals surface area contributed by atoms with Gasteiger partial charge in [-0.2, -0.15) is 10.5 Å². The molecule has 0 saturated carbocycles. The van der Waals surface area contributed by atoms with E-state index in [0.29, 0.717) is 67.1 Å². The van der Waals surface area contributed by atoms with Crippen LogP contribution in [0.1, 0.15) is 131 Å². The van der Waals surface area contributed by atoms with Crippen LogP contribution in [0, 0.1) is 42.4 Å². The molecule has 1 heterocycles. The van der Waals surface area contributed by atoms with Crippen LogP contribution in [-0.2, 0) is 28.5 Å². The first-order valence-electron chi connectivity index (χ1n) is 21.7.